The monoisotopic (exact) mass is 350 g/mol. The van der Waals surface area contributed by atoms with E-state index in [1.807, 2.05) is 66.7 Å². The third-order valence-corrected chi connectivity index (χ3v) is 6.54. The quantitative estimate of drug-likeness (QED) is 0.478. The maximum absolute atomic E-state index is 13.5. The summed E-state index contributed by atoms with van der Waals surface area (Å²) in [6.07, 6.45) is 2.64. The van der Waals surface area contributed by atoms with Gasteiger partial charge in [0.2, 0.25) is 7.37 Å². The summed E-state index contributed by atoms with van der Waals surface area (Å²) in [5, 5.41) is 0. The Balaban J connectivity index is 1.71. The summed E-state index contributed by atoms with van der Waals surface area (Å²) in [7, 11) is -2.77. The Morgan fingerprint density at radius 2 is 1.00 bits per heavy atom. The molecule has 3 aromatic carbocycles. The van der Waals surface area contributed by atoms with E-state index in [9.17, 15) is 4.57 Å². The van der Waals surface area contributed by atoms with Crippen LogP contribution in [0, 0.1) is 0 Å². The molecule has 2 nitrogen and oxygen atoms in total. The summed E-state index contributed by atoms with van der Waals surface area (Å²) < 4.78 is 19.5. The number of hydrogen-bond acceptors (Lipinski definition) is 2. The molecule has 0 heterocycles. The van der Waals surface area contributed by atoms with Crippen LogP contribution in [-0.4, -0.2) is 12.3 Å². The summed E-state index contributed by atoms with van der Waals surface area (Å²) in [4.78, 5) is 0. The predicted molar refractivity (Wildman–Crippen MR) is 105 cm³/mol. The van der Waals surface area contributed by atoms with Crippen molar-refractivity contribution in [2.75, 3.05) is 12.3 Å². The Bertz CT molecular complexity index is 754. The van der Waals surface area contributed by atoms with Gasteiger partial charge in [0.15, 0.2) is 0 Å². The summed E-state index contributed by atoms with van der Waals surface area (Å²) in [6, 6.07) is 29.9. The summed E-state index contributed by atoms with van der Waals surface area (Å²) in [5.41, 5.74) is 2.39. The van der Waals surface area contributed by atoms with Crippen LogP contribution in [0.2, 0.25) is 0 Å². The van der Waals surface area contributed by atoms with Crippen molar-refractivity contribution in [2.45, 2.75) is 12.8 Å². The molecule has 0 aliphatic carbocycles. The van der Waals surface area contributed by atoms with Crippen LogP contribution in [0.4, 0.5) is 0 Å². The molecule has 0 N–H and O–H groups in total. The van der Waals surface area contributed by atoms with Crippen LogP contribution in [0.1, 0.15) is 11.1 Å². The second-order valence-corrected chi connectivity index (χ2v) is 8.84. The van der Waals surface area contributed by atoms with E-state index in [2.05, 4.69) is 24.3 Å². The Morgan fingerprint density at radius 3 is 1.44 bits per heavy atom. The van der Waals surface area contributed by atoms with E-state index >= 15 is 0 Å². The van der Waals surface area contributed by atoms with Gasteiger partial charge in [0.05, 0.1) is 0 Å². The van der Waals surface area contributed by atoms with E-state index in [1.54, 1.807) is 0 Å². The second-order valence-electron chi connectivity index (χ2n) is 6.14. The SMILES string of the molecule is O=P(CCc1ccccc1)(CCc1ccccc1)Oc1ccccc1. The number of para-hydroxylation sites is 1. The Labute approximate surface area is 149 Å². The van der Waals surface area contributed by atoms with Crippen LogP contribution in [-0.2, 0) is 17.4 Å². The fourth-order valence-corrected chi connectivity index (χ4v) is 4.87. The minimum atomic E-state index is -2.77. The molecule has 0 aliphatic heterocycles. The molecule has 0 amide bonds. The van der Waals surface area contributed by atoms with Crippen LogP contribution in [0.5, 0.6) is 5.75 Å². The Morgan fingerprint density at radius 1 is 0.600 bits per heavy atom. The normalized spacial score (nSPS) is 11.2. The van der Waals surface area contributed by atoms with Crippen molar-refractivity contribution in [3.05, 3.63) is 102 Å². The molecule has 0 spiro atoms. The lowest BCUT2D eigenvalue weighted by atomic mass is 10.2. The average Bonchev–Trinajstić information content (AvgIpc) is 2.68. The predicted octanol–water partition coefficient (Wildman–Crippen LogP) is 5.83. The summed E-state index contributed by atoms with van der Waals surface area (Å²) in [6.45, 7) is 0. The lowest BCUT2D eigenvalue weighted by Gasteiger charge is -2.20. The molecular formula is C22H23O2P. The van der Waals surface area contributed by atoms with Crippen LogP contribution in [0.25, 0.3) is 0 Å². The highest BCUT2D eigenvalue weighted by Gasteiger charge is 2.24. The molecule has 0 unspecified atom stereocenters. The van der Waals surface area contributed by atoms with Crippen LogP contribution in [0.3, 0.4) is 0 Å². The van der Waals surface area contributed by atoms with Crippen molar-refractivity contribution in [1.29, 1.82) is 0 Å². The lowest BCUT2D eigenvalue weighted by molar-refractivity contribution is 0.480. The van der Waals surface area contributed by atoms with Gasteiger partial charge in [0, 0.05) is 12.3 Å². The van der Waals surface area contributed by atoms with Gasteiger partial charge in [-0.3, -0.25) is 4.57 Å². The molecule has 25 heavy (non-hydrogen) atoms. The topological polar surface area (TPSA) is 26.3 Å². The van der Waals surface area contributed by atoms with Gasteiger partial charge in [-0.25, -0.2) is 0 Å². The van der Waals surface area contributed by atoms with Crippen molar-refractivity contribution < 1.29 is 9.09 Å². The van der Waals surface area contributed by atoms with Crippen molar-refractivity contribution >= 4 is 7.37 Å². The van der Waals surface area contributed by atoms with E-state index < -0.39 is 7.37 Å². The molecule has 0 fully saturated rings. The number of hydrogen-bond donors (Lipinski definition) is 0. The molecule has 0 saturated heterocycles. The molecule has 0 bridgehead atoms. The number of benzene rings is 3. The van der Waals surface area contributed by atoms with Crippen molar-refractivity contribution in [3.63, 3.8) is 0 Å². The molecule has 0 atom stereocenters. The van der Waals surface area contributed by atoms with Crippen molar-refractivity contribution in [3.8, 4) is 5.75 Å². The minimum absolute atomic E-state index is 0.554. The third-order valence-electron chi connectivity index (χ3n) is 4.18. The first kappa shape index (κ1) is 17.5. The van der Waals surface area contributed by atoms with Crippen LogP contribution < -0.4 is 4.52 Å². The van der Waals surface area contributed by atoms with E-state index in [0.29, 0.717) is 18.1 Å². The highest BCUT2D eigenvalue weighted by Crippen LogP contribution is 2.48. The summed E-state index contributed by atoms with van der Waals surface area (Å²) in [5.74, 6) is 0.687. The standard InChI is InChI=1S/C22H23O2P/c23-25(24-22-14-8-3-9-15-22,18-16-20-10-4-1-5-11-20)19-17-21-12-6-2-7-13-21/h1-15H,16-19H2. The Kier molecular flexibility index (Phi) is 6.09. The second kappa shape index (κ2) is 8.69. The zero-order chi connectivity index (χ0) is 17.4. The van der Waals surface area contributed by atoms with Crippen molar-refractivity contribution in [2.24, 2.45) is 0 Å². The smallest absolute Gasteiger partial charge is 0.248 e. The highest BCUT2D eigenvalue weighted by molar-refractivity contribution is 7.59. The third kappa shape index (κ3) is 5.62. The average molecular weight is 350 g/mol. The molecular weight excluding hydrogens is 327 g/mol. The fourth-order valence-electron chi connectivity index (χ4n) is 2.76. The van der Waals surface area contributed by atoms with Gasteiger partial charge in [-0.05, 0) is 36.1 Å². The maximum atomic E-state index is 13.5. The Hall–Kier alpha value is -2.31. The van der Waals surface area contributed by atoms with Crippen molar-refractivity contribution in [1.82, 2.24) is 0 Å². The van der Waals surface area contributed by atoms with Crippen LogP contribution in [0.15, 0.2) is 91.0 Å². The highest BCUT2D eigenvalue weighted by atomic mass is 31.2. The van der Waals surface area contributed by atoms with Gasteiger partial charge in [-0.15, -0.1) is 0 Å². The maximum Gasteiger partial charge on any atom is 0.248 e. The van der Waals surface area contributed by atoms with Gasteiger partial charge in [-0.2, -0.15) is 0 Å². The van der Waals surface area contributed by atoms with Gasteiger partial charge < -0.3 is 4.52 Å². The van der Waals surface area contributed by atoms with E-state index in [0.717, 1.165) is 12.8 Å². The van der Waals surface area contributed by atoms with Crippen LogP contribution >= 0.6 is 7.37 Å². The number of rotatable bonds is 8. The largest absolute Gasteiger partial charge is 0.443 e. The van der Waals surface area contributed by atoms with Gasteiger partial charge >= 0.3 is 0 Å². The molecule has 0 aliphatic rings. The first-order chi connectivity index (χ1) is 12.2. The first-order valence-corrected chi connectivity index (χ1v) is 10.6. The van der Waals surface area contributed by atoms with E-state index in [-0.39, 0.29) is 0 Å². The number of aryl methyl sites for hydroxylation is 2. The molecule has 128 valence electrons. The van der Waals surface area contributed by atoms with Gasteiger partial charge in [0.25, 0.3) is 0 Å². The molecule has 3 rings (SSSR count). The zero-order valence-corrected chi connectivity index (χ0v) is 15.1. The first-order valence-electron chi connectivity index (χ1n) is 8.64. The molecule has 0 saturated carbocycles. The fraction of sp³-hybridized carbons (Fsp3) is 0.182. The molecule has 0 aromatic heterocycles. The minimum Gasteiger partial charge on any atom is -0.443 e. The zero-order valence-electron chi connectivity index (χ0n) is 14.3. The molecule has 0 radical (unpaired) electrons. The lowest BCUT2D eigenvalue weighted by Crippen LogP contribution is -2.07. The van der Waals surface area contributed by atoms with Gasteiger partial charge in [0.1, 0.15) is 5.75 Å². The van der Waals surface area contributed by atoms with Gasteiger partial charge in [-0.1, -0.05) is 78.9 Å². The summed E-state index contributed by atoms with van der Waals surface area (Å²) >= 11 is 0. The van der Waals surface area contributed by atoms with E-state index in [4.69, 9.17) is 4.52 Å². The van der Waals surface area contributed by atoms with E-state index in [1.165, 1.54) is 11.1 Å². The molecule has 3 heteroatoms. The molecule has 3 aromatic rings.